The minimum absolute atomic E-state index is 0.0224. The van der Waals surface area contributed by atoms with Gasteiger partial charge >= 0.3 is 0 Å². The molecule has 2 aromatic rings. The van der Waals surface area contributed by atoms with E-state index in [2.05, 4.69) is 22.1 Å². The summed E-state index contributed by atoms with van der Waals surface area (Å²) in [4.78, 5) is 6.60. The Morgan fingerprint density at radius 1 is 1.35 bits per heavy atom. The Hall–Kier alpha value is -1.88. The Bertz CT molecular complexity index is 611. The van der Waals surface area contributed by atoms with Gasteiger partial charge in [-0.2, -0.15) is 0 Å². The van der Waals surface area contributed by atoms with Gasteiger partial charge < -0.3 is 14.6 Å². The predicted molar refractivity (Wildman–Crippen MR) is 81.3 cm³/mol. The van der Waals surface area contributed by atoms with Crippen LogP contribution in [-0.4, -0.2) is 21.5 Å². The molecule has 1 aliphatic heterocycles. The van der Waals surface area contributed by atoms with Gasteiger partial charge in [0.1, 0.15) is 17.6 Å². The first-order valence-electron chi connectivity index (χ1n) is 6.75. The van der Waals surface area contributed by atoms with E-state index in [1.165, 1.54) is 0 Å². The highest BCUT2D eigenvalue weighted by atomic mass is 32.1. The molecule has 3 heterocycles. The molecule has 0 bridgehead atoms. The first-order valence-corrected chi connectivity index (χ1v) is 7.16. The van der Waals surface area contributed by atoms with Gasteiger partial charge in [0.25, 0.3) is 0 Å². The van der Waals surface area contributed by atoms with E-state index in [1.54, 1.807) is 6.20 Å². The molecule has 4 nitrogen and oxygen atoms in total. The van der Waals surface area contributed by atoms with Crippen LogP contribution in [0.4, 0.5) is 0 Å². The fourth-order valence-corrected chi connectivity index (χ4v) is 3.04. The molecule has 0 saturated carbocycles. The quantitative estimate of drug-likeness (QED) is 0.879. The maximum Gasteiger partial charge on any atom is 0.170 e. The molecule has 20 heavy (non-hydrogen) atoms. The van der Waals surface area contributed by atoms with Gasteiger partial charge in [-0.05, 0) is 50.3 Å². The van der Waals surface area contributed by atoms with Crippen molar-refractivity contribution in [3.05, 3.63) is 53.7 Å². The number of hydrogen-bond donors (Lipinski definition) is 1. The number of aryl methyl sites for hydroxylation is 1. The molecule has 2 aromatic heterocycles. The summed E-state index contributed by atoms with van der Waals surface area (Å²) >= 11 is 5.45. The van der Waals surface area contributed by atoms with Crippen LogP contribution < -0.4 is 5.32 Å². The van der Waals surface area contributed by atoms with Gasteiger partial charge in [0.05, 0.1) is 11.7 Å². The first kappa shape index (κ1) is 13.1. The topological polar surface area (TPSA) is 41.3 Å². The molecule has 5 heteroatoms. The highest BCUT2D eigenvalue weighted by molar-refractivity contribution is 7.80. The summed E-state index contributed by atoms with van der Waals surface area (Å²) in [5, 5.41) is 4.12. The third-order valence-corrected chi connectivity index (χ3v) is 3.94. The molecule has 1 saturated heterocycles. The zero-order chi connectivity index (χ0) is 14.1. The van der Waals surface area contributed by atoms with Crippen LogP contribution in [0.1, 0.15) is 36.2 Å². The molecule has 0 aliphatic carbocycles. The molecule has 1 fully saturated rings. The van der Waals surface area contributed by atoms with E-state index in [1.807, 2.05) is 37.3 Å². The fraction of sp³-hybridized carbons (Fsp3) is 0.333. The van der Waals surface area contributed by atoms with E-state index < -0.39 is 0 Å². The first-order chi connectivity index (χ1) is 9.70. The summed E-state index contributed by atoms with van der Waals surface area (Å²) in [5.41, 5.74) is 0.977. The van der Waals surface area contributed by atoms with E-state index >= 15 is 0 Å². The van der Waals surface area contributed by atoms with Gasteiger partial charge in [-0.25, -0.2) is 0 Å². The highest BCUT2D eigenvalue weighted by Crippen LogP contribution is 2.38. The Morgan fingerprint density at radius 3 is 2.80 bits per heavy atom. The third kappa shape index (κ3) is 2.18. The lowest BCUT2D eigenvalue weighted by Gasteiger charge is -2.24. The van der Waals surface area contributed by atoms with E-state index in [0.717, 1.165) is 28.9 Å². The van der Waals surface area contributed by atoms with Gasteiger partial charge in [-0.1, -0.05) is 6.07 Å². The fourth-order valence-electron chi connectivity index (χ4n) is 2.67. The molecular weight excluding hydrogens is 270 g/mol. The van der Waals surface area contributed by atoms with Crippen molar-refractivity contribution in [3.63, 3.8) is 0 Å². The second-order valence-corrected chi connectivity index (χ2v) is 5.25. The van der Waals surface area contributed by atoms with Crippen molar-refractivity contribution >= 4 is 17.3 Å². The van der Waals surface area contributed by atoms with Crippen LogP contribution in [0.2, 0.25) is 0 Å². The van der Waals surface area contributed by atoms with Crippen LogP contribution in [0.15, 0.2) is 40.9 Å². The smallest absolute Gasteiger partial charge is 0.170 e. The number of furan rings is 1. The lowest BCUT2D eigenvalue weighted by Crippen LogP contribution is -2.29. The Morgan fingerprint density at radius 2 is 2.20 bits per heavy atom. The van der Waals surface area contributed by atoms with Crippen LogP contribution in [-0.2, 0) is 0 Å². The van der Waals surface area contributed by atoms with Crippen molar-refractivity contribution in [1.29, 1.82) is 0 Å². The Labute approximate surface area is 123 Å². The van der Waals surface area contributed by atoms with E-state index in [-0.39, 0.29) is 12.1 Å². The summed E-state index contributed by atoms with van der Waals surface area (Å²) in [5.74, 6) is 1.83. The number of rotatable bonds is 3. The zero-order valence-electron chi connectivity index (χ0n) is 11.5. The summed E-state index contributed by atoms with van der Waals surface area (Å²) in [6.07, 6.45) is 1.80. The van der Waals surface area contributed by atoms with Crippen molar-refractivity contribution in [1.82, 2.24) is 15.2 Å². The molecule has 0 radical (unpaired) electrons. The van der Waals surface area contributed by atoms with Crippen LogP contribution >= 0.6 is 12.2 Å². The number of thiocarbonyl (C=S) groups is 1. The normalized spacial score (nSPS) is 22.1. The predicted octanol–water partition coefficient (Wildman–Crippen LogP) is 2.98. The van der Waals surface area contributed by atoms with E-state index in [4.69, 9.17) is 16.6 Å². The van der Waals surface area contributed by atoms with Crippen LogP contribution in [0.3, 0.4) is 0 Å². The van der Waals surface area contributed by atoms with Crippen LogP contribution in [0.25, 0.3) is 0 Å². The molecular formula is C15H17N3OS. The third-order valence-electron chi connectivity index (χ3n) is 3.59. The van der Waals surface area contributed by atoms with Crippen molar-refractivity contribution in [2.24, 2.45) is 0 Å². The Kier molecular flexibility index (Phi) is 3.44. The maximum absolute atomic E-state index is 5.83. The van der Waals surface area contributed by atoms with Crippen LogP contribution in [0, 0.1) is 6.92 Å². The van der Waals surface area contributed by atoms with E-state index in [0.29, 0.717) is 0 Å². The minimum Gasteiger partial charge on any atom is -0.464 e. The van der Waals surface area contributed by atoms with Gasteiger partial charge in [-0.3, -0.25) is 4.98 Å². The number of pyridine rings is 1. The second kappa shape index (κ2) is 5.25. The average molecular weight is 287 g/mol. The number of nitrogens with one attached hydrogen (secondary N) is 1. The number of nitrogens with zero attached hydrogens (tertiary/aromatic N) is 2. The van der Waals surface area contributed by atoms with Gasteiger partial charge in [0.15, 0.2) is 5.11 Å². The van der Waals surface area contributed by atoms with Crippen molar-refractivity contribution in [2.75, 3.05) is 6.54 Å². The maximum atomic E-state index is 5.83. The molecule has 0 amide bonds. The standard InChI is InChI=1S/C15H17N3OS/c1-3-18-14(12-8-7-10(2)19-12)13(17-15(18)20)11-6-4-5-9-16-11/h4-9,13-14H,3H2,1-2H3,(H,17,20)/t13-,14-/m0/s1. The molecule has 2 atom stereocenters. The zero-order valence-corrected chi connectivity index (χ0v) is 12.4. The average Bonchev–Trinajstić information content (AvgIpc) is 3.03. The van der Waals surface area contributed by atoms with Gasteiger partial charge in [-0.15, -0.1) is 0 Å². The molecule has 104 valence electrons. The summed E-state index contributed by atoms with van der Waals surface area (Å²) in [7, 11) is 0. The summed E-state index contributed by atoms with van der Waals surface area (Å²) in [6.45, 7) is 4.88. The molecule has 1 aliphatic rings. The lowest BCUT2D eigenvalue weighted by atomic mass is 10.0. The molecule has 3 rings (SSSR count). The second-order valence-electron chi connectivity index (χ2n) is 4.86. The lowest BCUT2D eigenvalue weighted by molar-refractivity contribution is 0.278. The minimum atomic E-state index is 0.0224. The summed E-state index contributed by atoms with van der Waals surface area (Å²) < 4.78 is 5.83. The highest BCUT2D eigenvalue weighted by Gasteiger charge is 2.40. The molecule has 0 spiro atoms. The van der Waals surface area contributed by atoms with Crippen LogP contribution in [0.5, 0.6) is 0 Å². The van der Waals surface area contributed by atoms with Gasteiger partial charge in [0, 0.05) is 12.7 Å². The number of likely N-dealkylation sites (N-methyl/N-ethyl adjacent to an activating group) is 1. The largest absolute Gasteiger partial charge is 0.464 e. The van der Waals surface area contributed by atoms with Gasteiger partial charge in [0.2, 0.25) is 0 Å². The Balaban J connectivity index is 2.02. The molecule has 0 unspecified atom stereocenters. The van der Waals surface area contributed by atoms with E-state index in [9.17, 15) is 0 Å². The number of hydrogen-bond acceptors (Lipinski definition) is 3. The SMILES string of the molecule is CCN1C(=S)N[C@@H](c2ccccn2)[C@@H]1c1ccc(C)o1. The van der Waals surface area contributed by atoms with Crippen molar-refractivity contribution in [2.45, 2.75) is 25.9 Å². The summed E-state index contributed by atoms with van der Waals surface area (Å²) in [6, 6.07) is 10.0. The van der Waals surface area contributed by atoms with Crippen molar-refractivity contribution in [3.8, 4) is 0 Å². The molecule has 1 N–H and O–H groups in total. The monoisotopic (exact) mass is 287 g/mol. The molecule has 0 aromatic carbocycles. The number of aromatic nitrogens is 1. The van der Waals surface area contributed by atoms with Crippen molar-refractivity contribution < 1.29 is 4.42 Å².